The number of hydrogen-bond donors (Lipinski definition) is 1. The Morgan fingerprint density at radius 1 is 1.44 bits per heavy atom. The van der Waals surface area contributed by atoms with Gasteiger partial charge in [0.15, 0.2) is 0 Å². The van der Waals surface area contributed by atoms with Crippen LogP contribution in [0.2, 0.25) is 0 Å². The molecule has 0 aliphatic heterocycles. The lowest BCUT2D eigenvalue weighted by Crippen LogP contribution is -2.45. The number of carbonyl (C=O) groups excluding carboxylic acids is 1. The lowest BCUT2D eigenvalue weighted by molar-refractivity contribution is 0.0567. The number of carbonyl (C=O) groups is 1. The van der Waals surface area contributed by atoms with Crippen molar-refractivity contribution in [2.75, 3.05) is 13.1 Å². The van der Waals surface area contributed by atoms with E-state index in [9.17, 15) is 13.2 Å². The summed E-state index contributed by atoms with van der Waals surface area (Å²) in [4.78, 5) is 11.4. The second-order valence-corrected chi connectivity index (χ2v) is 6.35. The second-order valence-electron chi connectivity index (χ2n) is 4.68. The summed E-state index contributed by atoms with van der Waals surface area (Å²) in [7, 11) is -3.86. The maximum Gasteiger partial charge on any atom is 0.422 e. The van der Waals surface area contributed by atoms with Crippen LogP contribution in [0, 0.1) is 0 Å². The molecule has 7 heteroatoms. The first-order chi connectivity index (χ1) is 8.12. The van der Waals surface area contributed by atoms with Gasteiger partial charge in [0.1, 0.15) is 5.60 Å². The van der Waals surface area contributed by atoms with Crippen molar-refractivity contribution in [2.45, 2.75) is 39.7 Å². The first-order valence-electron chi connectivity index (χ1n) is 5.74. The van der Waals surface area contributed by atoms with Crippen LogP contribution in [-0.2, 0) is 14.9 Å². The fraction of sp³-hybridized carbons (Fsp3) is 0.727. The molecule has 0 aromatic heterocycles. The standard InChI is InChI=1S/C11H22N2O4S/c1-6-8-9-13(7-2)18(15,16)12-10(14)17-11(3,4)5/h6H,1,7-9H2,2-5H3,(H,12,14). The minimum absolute atomic E-state index is 0.270. The Balaban J connectivity index is 4.62. The molecule has 0 spiro atoms. The van der Waals surface area contributed by atoms with Crippen LogP contribution in [0.5, 0.6) is 0 Å². The van der Waals surface area contributed by atoms with E-state index in [-0.39, 0.29) is 13.1 Å². The van der Waals surface area contributed by atoms with Gasteiger partial charge in [-0.2, -0.15) is 12.7 Å². The summed E-state index contributed by atoms with van der Waals surface area (Å²) >= 11 is 0. The molecule has 0 saturated heterocycles. The molecule has 0 aliphatic carbocycles. The summed E-state index contributed by atoms with van der Waals surface area (Å²) in [5.74, 6) is 0. The Morgan fingerprint density at radius 3 is 2.39 bits per heavy atom. The highest BCUT2D eigenvalue weighted by atomic mass is 32.2. The van der Waals surface area contributed by atoms with Crippen LogP contribution < -0.4 is 4.72 Å². The van der Waals surface area contributed by atoms with Gasteiger partial charge in [-0.15, -0.1) is 6.58 Å². The van der Waals surface area contributed by atoms with Crippen LogP contribution in [0.15, 0.2) is 12.7 Å². The highest BCUT2D eigenvalue weighted by Crippen LogP contribution is 2.08. The SMILES string of the molecule is C=CCCN(CC)S(=O)(=O)NC(=O)OC(C)(C)C. The van der Waals surface area contributed by atoms with Crippen molar-refractivity contribution in [3.63, 3.8) is 0 Å². The Morgan fingerprint density at radius 2 is 2.00 bits per heavy atom. The largest absolute Gasteiger partial charge is 0.443 e. The van der Waals surface area contributed by atoms with Gasteiger partial charge in [0, 0.05) is 13.1 Å². The number of hydrogen-bond acceptors (Lipinski definition) is 4. The van der Waals surface area contributed by atoms with Crippen LogP contribution in [-0.4, -0.2) is 37.5 Å². The highest BCUT2D eigenvalue weighted by Gasteiger charge is 2.25. The number of amides is 1. The van der Waals surface area contributed by atoms with Gasteiger partial charge < -0.3 is 4.74 Å². The van der Waals surface area contributed by atoms with Gasteiger partial charge in [-0.05, 0) is 27.2 Å². The van der Waals surface area contributed by atoms with Crippen molar-refractivity contribution in [1.29, 1.82) is 0 Å². The van der Waals surface area contributed by atoms with Gasteiger partial charge in [-0.25, -0.2) is 9.52 Å². The van der Waals surface area contributed by atoms with Crippen molar-refractivity contribution < 1.29 is 17.9 Å². The third-order valence-electron chi connectivity index (χ3n) is 1.89. The average Bonchev–Trinajstić information content (AvgIpc) is 2.14. The van der Waals surface area contributed by atoms with E-state index in [4.69, 9.17) is 4.74 Å². The second kappa shape index (κ2) is 6.75. The maximum absolute atomic E-state index is 11.8. The summed E-state index contributed by atoms with van der Waals surface area (Å²) in [6.07, 6.45) is 1.16. The molecule has 6 nitrogen and oxygen atoms in total. The topological polar surface area (TPSA) is 75.7 Å². The molecular formula is C11H22N2O4S. The van der Waals surface area contributed by atoms with E-state index < -0.39 is 21.9 Å². The van der Waals surface area contributed by atoms with Gasteiger partial charge in [-0.1, -0.05) is 13.0 Å². The van der Waals surface area contributed by atoms with Crippen LogP contribution in [0.1, 0.15) is 34.1 Å². The van der Waals surface area contributed by atoms with Gasteiger partial charge in [0.25, 0.3) is 0 Å². The number of rotatable bonds is 6. The molecule has 0 unspecified atom stereocenters. The van der Waals surface area contributed by atoms with Crippen LogP contribution in [0.25, 0.3) is 0 Å². The van der Waals surface area contributed by atoms with Crippen molar-refractivity contribution >= 4 is 16.3 Å². The van der Waals surface area contributed by atoms with Crippen LogP contribution in [0.4, 0.5) is 4.79 Å². The van der Waals surface area contributed by atoms with E-state index in [1.807, 2.05) is 4.72 Å². The molecular weight excluding hydrogens is 256 g/mol. The zero-order chi connectivity index (χ0) is 14.4. The Bertz CT molecular complexity index is 384. The Labute approximate surface area is 109 Å². The molecule has 0 bridgehead atoms. The van der Waals surface area contributed by atoms with Crippen LogP contribution in [0.3, 0.4) is 0 Å². The van der Waals surface area contributed by atoms with E-state index in [0.717, 1.165) is 4.31 Å². The molecule has 0 fully saturated rings. The predicted molar refractivity (Wildman–Crippen MR) is 70.4 cm³/mol. The number of ether oxygens (including phenoxy) is 1. The summed E-state index contributed by atoms with van der Waals surface area (Å²) < 4.78 is 31.6. The van der Waals surface area contributed by atoms with E-state index in [1.54, 1.807) is 33.8 Å². The molecule has 1 N–H and O–H groups in total. The molecule has 18 heavy (non-hydrogen) atoms. The van der Waals surface area contributed by atoms with Crippen molar-refractivity contribution in [3.8, 4) is 0 Å². The third-order valence-corrected chi connectivity index (χ3v) is 3.43. The molecule has 0 saturated carbocycles. The summed E-state index contributed by atoms with van der Waals surface area (Å²) in [6.45, 7) is 10.7. The normalized spacial score (nSPS) is 12.3. The highest BCUT2D eigenvalue weighted by molar-refractivity contribution is 7.87. The van der Waals surface area contributed by atoms with Gasteiger partial charge in [-0.3, -0.25) is 0 Å². The summed E-state index contributed by atoms with van der Waals surface area (Å²) in [6, 6.07) is 0. The molecule has 106 valence electrons. The summed E-state index contributed by atoms with van der Waals surface area (Å²) in [5, 5.41) is 0. The first-order valence-corrected chi connectivity index (χ1v) is 7.18. The maximum atomic E-state index is 11.8. The van der Waals surface area contributed by atoms with Gasteiger partial charge >= 0.3 is 16.3 Å². The van der Waals surface area contributed by atoms with E-state index in [0.29, 0.717) is 6.42 Å². The molecule has 0 aromatic rings. The first kappa shape index (κ1) is 16.9. The minimum atomic E-state index is -3.86. The van der Waals surface area contributed by atoms with Gasteiger partial charge in [0.05, 0.1) is 0 Å². The summed E-state index contributed by atoms with van der Waals surface area (Å²) in [5.41, 5.74) is -0.738. The third kappa shape index (κ3) is 6.61. The van der Waals surface area contributed by atoms with E-state index in [1.165, 1.54) is 0 Å². The zero-order valence-corrected chi connectivity index (χ0v) is 12.2. The molecule has 0 atom stereocenters. The average molecular weight is 278 g/mol. The molecule has 0 rings (SSSR count). The number of nitrogens with one attached hydrogen (secondary N) is 1. The molecule has 0 radical (unpaired) electrons. The monoisotopic (exact) mass is 278 g/mol. The quantitative estimate of drug-likeness (QED) is 0.750. The van der Waals surface area contributed by atoms with Crippen molar-refractivity contribution in [3.05, 3.63) is 12.7 Å². The zero-order valence-electron chi connectivity index (χ0n) is 11.4. The lowest BCUT2D eigenvalue weighted by atomic mass is 10.2. The molecule has 0 aliphatic rings. The van der Waals surface area contributed by atoms with Gasteiger partial charge in [0.2, 0.25) is 0 Å². The van der Waals surface area contributed by atoms with Crippen molar-refractivity contribution in [2.24, 2.45) is 0 Å². The van der Waals surface area contributed by atoms with Crippen molar-refractivity contribution in [1.82, 2.24) is 9.03 Å². The fourth-order valence-electron chi connectivity index (χ4n) is 1.15. The number of nitrogens with zero attached hydrogens (tertiary/aromatic N) is 1. The Hall–Kier alpha value is -1.08. The predicted octanol–water partition coefficient (Wildman–Crippen LogP) is 1.65. The molecule has 0 aromatic carbocycles. The van der Waals surface area contributed by atoms with E-state index >= 15 is 0 Å². The minimum Gasteiger partial charge on any atom is -0.443 e. The van der Waals surface area contributed by atoms with Crippen LogP contribution >= 0.6 is 0 Å². The molecule has 1 amide bonds. The molecule has 0 heterocycles. The fourth-order valence-corrected chi connectivity index (χ4v) is 2.22. The smallest absolute Gasteiger partial charge is 0.422 e. The van der Waals surface area contributed by atoms with E-state index in [2.05, 4.69) is 6.58 Å². The lowest BCUT2D eigenvalue weighted by Gasteiger charge is -2.23. The Kier molecular flexibility index (Phi) is 6.34.